The molecule has 0 aliphatic heterocycles. The molecule has 0 aliphatic carbocycles. The fourth-order valence-electron chi connectivity index (χ4n) is 3.75. The third-order valence-corrected chi connectivity index (χ3v) is 7.68. The van der Waals surface area contributed by atoms with E-state index in [1.165, 1.54) is 37.3 Å². The van der Waals surface area contributed by atoms with E-state index in [1.807, 2.05) is 48.7 Å². The number of benzene rings is 3. The highest BCUT2D eigenvalue weighted by Gasteiger charge is 2.18. The predicted octanol–water partition coefficient (Wildman–Crippen LogP) is 6.22. The molecular weight excluding hydrogens is 550 g/mol. The van der Waals surface area contributed by atoms with E-state index in [0.29, 0.717) is 39.4 Å². The van der Waals surface area contributed by atoms with E-state index in [-0.39, 0.29) is 11.8 Å². The number of ether oxygens (including phenoxy) is 4. The van der Waals surface area contributed by atoms with Gasteiger partial charge in [0.05, 0.1) is 39.4 Å². The summed E-state index contributed by atoms with van der Waals surface area (Å²) in [5.74, 6) is 1.77. The van der Waals surface area contributed by atoms with Gasteiger partial charge in [0.1, 0.15) is 0 Å². The quantitative estimate of drug-likeness (QED) is 0.202. The van der Waals surface area contributed by atoms with Crippen molar-refractivity contribution in [2.75, 3.05) is 39.1 Å². The maximum Gasteiger partial charge on any atom is 0.255 e. The Morgan fingerprint density at radius 1 is 0.825 bits per heavy atom. The summed E-state index contributed by atoms with van der Waals surface area (Å²) in [4.78, 5) is 31.1. The molecule has 11 heteroatoms. The molecule has 2 N–H and O–H groups in total. The highest BCUT2D eigenvalue weighted by atomic mass is 32.2. The van der Waals surface area contributed by atoms with E-state index < -0.39 is 5.25 Å². The van der Waals surface area contributed by atoms with Crippen LogP contribution in [0.25, 0.3) is 11.3 Å². The number of methoxy groups -OCH3 is 4. The smallest absolute Gasteiger partial charge is 0.255 e. The topological polar surface area (TPSA) is 108 Å². The Morgan fingerprint density at radius 3 is 2.20 bits per heavy atom. The third kappa shape index (κ3) is 6.85. The number of amides is 2. The Hall–Kier alpha value is -4.22. The molecule has 0 bridgehead atoms. The van der Waals surface area contributed by atoms with E-state index in [0.717, 1.165) is 16.2 Å². The average molecular weight is 580 g/mol. The van der Waals surface area contributed by atoms with Gasteiger partial charge in [0.15, 0.2) is 28.1 Å². The van der Waals surface area contributed by atoms with Gasteiger partial charge in [-0.15, -0.1) is 23.1 Å². The highest BCUT2D eigenvalue weighted by Crippen LogP contribution is 2.34. The van der Waals surface area contributed by atoms with Gasteiger partial charge in [0.2, 0.25) is 5.91 Å². The summed E-state index contributed by atoms with van der Waals surface area (Å²) in [5.41, 5.74) is 2.61. The normalized spacial score (nSPS) is 11.3. The molecule has 3 aromatic carbocycles. The lowest BCUT2D eigenvalue weighted by Crippen LogP contribution is -2.22. The van der Waals surface area contributed by atoms with Gasteiger partial charge in [-0.25, -0.2) is 4.98 Å². The molecule has 208 valence electrons. The first-order chi connectivity index (χ1) is 19.3. The number of anilines is 2. The van der Waals surface area contributed by atoms with Gasteiger partial charge in [-0.05, 0) is 61.5 Å². The summed E-state index contributed by atoms with van der Waals surface area (Å²) < 4.78 is 21.2. The standard InChI is InChI=1S/C29H29N3O6S2/c1-17(27(33)32-29-31-22(16-39-29)18-9-11-23(35-2)25(13-18)37-4)40-21-8-6-7-20(15-21)30-28(34)19-10-12-24(36-3)26(14-19)38-5/h6-17H,1-5H3,(H,30,34)(H,31,32,33). The molecule has 0 saturated carbocycles. The minimum atomic E-state index is -0.412. The lowest BCUT2D eigenvalue weighted by atomic mass is 10.1. The van der Waals surface area contributed by atoms with E-state index in [9.17, 15) is 9.59 Å². The lowest BCUT2D eigenvalue weighted by molar-refractivity contribution is -0.115. The van der Waals surface area contributed by atoms with Crippen LogP contribution in [-0.4, -0.2) is 50.5 Å². The van der Waals surface area contributed by atoms with Crippen LogP contribution < -0.4 is 29.6 Å². The molecule has 1 atom stereocenters. The van der Waals surface area contributed by atoms with Gasteiger partial charge in [-0.3, -0.25) is 9.59 Å². The average Bonchev–Trinajstić information content (AvgIpc) is 3.44. The van der Waals surface area contributed by atoms with Gasteiger partial charge < -0.3 is 29.6 Å². The van der Waals surface area contributed by atoms with E-state index in [1.54, 1.807) is 38.5 Å². The van der Waals surface area contributed by atoms with Crippen molar-refractivity contribution in [3.8, 4) is 34.3 Å². The number of carbonyl (C=O) groups excluding carboxylic acids is 2. The maximum atomic E-state index is 12.9. The number of carbonyl (C=O) groups is 2. The fourth-order valence-corrected chi connectivity index (χ4v) is 5.40. The number of hydrogen-bond acceptors (Lipinski definition) is 9. The summed E-state index contributed by atoms with van der Waals surface area (Å²) in [7, 11) is 6.22. The number of nitrogens with zero attached hydrogens (tertiary/aromatic N) is 1. The molecule has 0 fully saturated rings. The van der Waals surface area contributed by atoms with Crippen molar-refractivity contribution in [1.82, 2.24) is 4.98 Å². The number of aromatic nitrogens is 1. The molecule has 9 nitrogen and oxygen atoms in total. The number of thiazole rings is 1. The Labute approximate surface area is 240 Å². The maximum absolute atomic E-state index is 12.9. The number of hydrogen-bond donors (Lipinski definition) is 2. The predicted molar refractivity (Wildman–Crippen MR) is 159 cm³/mol. The van der Waals surface area contributed by atoms with Crippen molar-refractivity contribution >= 4 is 45.7 Å². The van der Waals surface area contributed by atoms with Crippen molar-refractivity contribution in [1.29, 1.82) is 0 Å². The lowest BCUT2D eigenvalue weighted by Gasteiger charge is -2.13. The summed E-state index contributed by atoms with van der Waals surface area (Å²) >= 11 is 2.72. The zero-order chi connectivity index (χ0) is 28.6. The number of thioether (sulfide) groups is 1. The molecule has 0 radical (unpaired) electrons. The summed E-state index contributed by atoms with van der Waals surface area (Å²) in [5, 5.41) is 7.74. The minimum Gasteiger partial charge on any atom is -0.493 e. The zero-order valence-electron chi connectivity index (χ0n) is 22.6. The second-order valence-electron chi connectivity index (χ2n) is 8.41. The molecule has 2 amide bonds. The molecule has 0 saturated heterocycles. The van der Waals surface area contributed by atoms with Gasteiger partial charge in [0, 0.05) is 27.1 Å². The molecule has 40 heavy (non-hydrogen) atoms. The molecule has 1 unspecified atom stereocenters. The first kappa shape index (κ1) is 28.8. The Morgan fingerprint density at radius 2 is 1.50 bits per heavy atom. The minimum absolute atomic E-state index is 0.182. The second kappa shape index (κ2) is 13.2. The van der Waals surface area contributed by atoms with Crippen molar-refractivity contribution in [2.45, 2.75) is 17.1 Å². The van der Waals surface area contributed by atoms with Crippen LogP contribution in [0.5, 0.6) is 23.0 Å². The van der Waals surface area contributed by atoms with Gasteiger partial charge in [0.25, 0.3) is 5.91 Å². The molecule has 0 aliphatic rings. The van der Waals surface area contributed by atoms with Gasteiger partial charge >= 0.3 is 0 Å². The number of rotatable bonds is 11. The van der Waals surface area contributed by atoms with Crippen LogP contribution in [0.1, 0.15) is 17.3 Å². The number of nitrogens with one attached hydrogen (secondary N) is 2. The Bertz CT molecular complexity index is 1510. The van der Waals surface area contributed by atoms with Crippen LogP contribution in [0, 0.1) is 0 Å². The fraction of sp³-hybridized carbons (Fsp3) is 0.207. The third-order valence-electron chi connectivity index (χ3n) is 5.83. The van der Waals surface area contributed by atoms with Crippen LogP contribution in [0.4, 0.5) is 10.8 Å². The highest BCUT2D eigenvalue weighted by molar-refractivity contribution is 8.00. The van der Waals surface area contributed by atoms with Crippen LogP contribution in [0.2, 0.25) is 0 Å². The van der Waals surface area contributed by atoms with Crippen LogP contribution >= 0.6 is 23.1 Å². The molecule has 4 rings (SSSR count). The molecular formula is C29H29N3O6S2. The van der Waals surface area contributed by atoms with Crippen molar-refractivity contribution in [3.63, 3.8) is 0 Å². The summed E-state index contributed by atoms with van der Waals surface area (Å²) in [6, 6.07) is 17.8. The SMILES string of the molecule is COc1ccc(C(=O)Nc2cccc(SC(C)C(=O)Nc3nc(-c4ccc(OC)c(OC)c4)cs3)c2)cc1OC. The first-order valence-corrected chi connectivity index (χ1v) is 13.9. The van der Waals surface area contributed by atoms with Gasteiger partial charge in [-0.2, -0.15) is 0 Å². The van der Waals surface area contributed by atoms with E-state index >= 15 is 0 Å². The van der Waals surface area contributed by atoms with Crippen LogP contribution in [0.3, 0.4) is 0 Å². The van der Waals surface area contributed by atoms with Crippen molar-refractivity contribution in [2.24, 2.45) is 0 Å². The largest absolute Gasteiger partial charge is 0.493 e. The first-order valence-electron chi connectivity index (χ1n) is 12.1. The van der Waals surface area contributed by atoms with Crippen molar-refractivity contribution in [3.05, 3.63) is 71.6 Å². The molecule has 1 aromatic heterocycles. The molecule has 4 aromatic rings. The van der Waals surface area contributed by atoms with Gasteiger partial charge in [-0.1, -0.05) is 6.07 Å². The van der Waals surface area contributed by atoms with Crippen molar-refractivity contribution < 1.29 is 28.5 Å². The van der Waals surface area contributed by atoms with Crippen LogP contribution in [0.15, 0.2) is 70.9 Å². The molecule has 1 heterocycles. The zero-order valence-corrected chi connectivity index (χ0v) is 24.3. The summed E-state index contributed by atoms with van der Waals surface area (Å²) in [6.07, 6.45) is 0. The monoisotopic (exact) mass is 579 g/mol. The van der Waals surface area contributed by atoms with Crippen LogP contribution in [-0.2, 0) is 4.79 Å². The van der Waals surface area contributed by atoms with E-state index in [2.05, 4.69) is 15.6 Å². The van der Waals surface area contributed by atoms with E-state index in [4.69, 9.17) is 18.9 Å². The molecule has 0 spiro atoms. The Kier molecular flexibility index (Phi) is 9.52. The Balaban J connectivity index is 1.37. The second-order valence-corrected chi connectivity index (χ2v) is 10.7. The summed E-state index contributed by atoms with van der Waals surface area (Å²) in [6.45, 7) is 1.82.